The largest absolute Gasteiger partial charge is 0.384 e. The first kappa shape index (κ1) is 10.1. The van der Waals surface area contributed by atoms with Gasteiger partial charge < -0.3 is 5.32 Å². The number of thiophene rings is 1. The fourth-order valence-electron chi connectivity index (χ4n) is 2.42. The van der Waals surface area contributed by atoms with Gasteiger partial charge in [-0.3, -0.25) is 4.98 Å². The highest BCUT2D eigenvalue weighted by atomic mass is 32.1. The van der Waals surface area contributed by atoms with E-state index in [1.54, 1.807) is 11.3 Å². The van der Waals surface area contributed by atoms with Crippen LogP contribution in [0.1, 0.15) is 31.0 Å². The molecule has 0 aromatic carbocycles. The number of rotatable bonds is 3. The molecule has 16 heavy (non-hydrogen) atoms. The molecule has 0 amide bonds. The lowest BCUT2D eigenvalue weighted by Crippen LogP contribution is -2.04. The Hall–Kier alpha value is -1.09. The molecule has 3 heteroatoms. The molecule has 0 spiro atoms. The van der Waals surface area contributed by atoms with E-state index >= 15 is 0 Å². The van der Waals surface area contributed by atoms with Crippen LogP contribution < -0.4 is 5.32 Å². The molecule has 0 aliphatic heterocycles. The maximum Gasteiger partial charge on any atom is 0.0834 e. The first-order valence-electron chi connectivity index (χ1n) is 6.03. The van der Waals surface area contributed by atoms with Crippen molar-refractivity contribution in [1.29, 1.82) is 0 Å². The Morgan fingerprint density at radius 2 is 2.38 bits per heavy atom. The molecule has 2 aromatic heterocycles. The van der Waals surface area contributed by atoms with Crippen LogP contribution in [0.25, 0.3) is 10.2 Å². The molecular formula is C13H16N2S. The zero-order chi connectivity index (χ0) is 11.0. The third-order valence-electron chi connectivity index (χ3n) is 3.17. The van der Waals surface area contributed by atoms with Crippen molar-refractivity contribution in [1.82, 2.24) is 4.98 Å². The van der Waals surface area contributed by atoms with Gasteiger partial charge in [-0.15, -0.1) is 11.3 Å². The summed E-state index contributed by atoms with van der Waals surface area (Å²) in [6.07, 6.45) is 4.79. The van der Waals surface area contributed by atoms with E-state index in [0.717, 1.165) is 13.0 Å². The number of hydrogen-bond donors (Lipinski definition) is 1. The number of hydrogen-bond acceptors (Lipinski definition) is 3. The van der Waals surface area contributed by atoms with Crippen LogP contribution in [0.2, 0.25) is 0 Å². The zero-order valence-electron chi connectivity index (χ0n) is 9.55. The van der Waals surface area contributed by atoms with Crippen molar-refractivity contribution >= 4 is 27.2 Å². The van der Waals surface area contributed by atoms with Gasteiger partial charge in [-0.25, -0.2) is 0 Å². The van der Waals surface area contributed by atoms with E-state index < -0.39 is 0 Å². The number of aromatic nitrogens is 1. The molecule has 0 saturated carbocycles. The van der Waals surface area contributed by atoms with Crippen LogP contribution in [0.4, 0.5) is 5.69 Å². The molecule has 0 saturated heterocycles. The van der Waals surface area contributed by atoms with Crippen LogP contribution in [0, 0.1) is 0 Å². The second kappa shape index (κ2) is 4.06. The molecule has 0 unspecified atom stereocenters. The summed E-state index contributed by atoms with van der Waals surface area (Å²) in [7, 11) is 0. The van der Waals surface area contributed by atoms with Gasteiger partial charge in [0.1, 0.15) is 0 Å². The maximum atomic E-state index is 4.75. The second-order valence-electron chi connectivity index (χ2n) is 4.33. The molecule has 0 radical (unpaired) electrons. The molecule has 0 fully saturated rings. The lowest BCUT2D eigenvalue weighted by Gasteiger charge is -2.11. The van der Waals surface area contributed by atoms with Gasteiger partial charge in [-0.05, 0) is 42.7 Å². The van der Waals surface area contributed by atoms with Gasteiger partial charge in [0.25, 0.3) is 0 Å². The standard InChI is InChI=1S/C13H16N2S/c1-2-7-14-12-9-4-3-5-10(9)15-11-6-8-16-13(11)12/h6,8H,2-5,7H2,1H3,(H,14,15). The Labute approximate surface area is 99.7 Å². The number of fused-ring (bicyclic) bond motifs is 2. The molecule has 2 nitrogen and oxygen atoms in total. The van der Waals surface area contributed by atoms with Crippen molar-refractivity contribution in [3.05, 3.63) is 22.7 Å². The number of aryl methyl sites for hydroxylation is 1. The molecule has 2 aromatic rings. The second-order valence-corrected chi connectivity index (χ2v) is 5.24. The zero-order valence-corrected chi connectivity index (χ0v) is 10.4. The summed E-state index contributed by atoms with van der Waals surface area (Å²) in [5.74, 6) is 0. The van der Waals surface area contributed by atoms with Crippen LogP contribution in [0.5, 0.6) is 0 Å². The van der Waals surface area contributed by atoms with Crippen LogP contribution >= 0.6 is 11.3 Å². The minimum Gasteiger partial charge on any atom is -0.384 e. The van der Waals surface area contributed by atoms with E-state index in [2.05, 4.69) is 23.7 Å². The molecular weight excluding hydrogens is 216 g/mol. The van der Waals surface area contributed by atoms with E-state index in [-0.39, 0.29) is 0 Å². The van der Waals surface area contributed by atoms with Crippen molar-refractivity contribution in [2.45, 2.75) is 32.6 Å². The third kappa shape index (κ3) is 1.50. The van der Waals surface area contributed by atoms with Gasteiger partial charge in [-0.2, -0.15) is 0 Å². The minimum atomic E-state index is 1.06. The van der Waals surface area contributed by atoms with Crippen LogP contribution in [-0.4, -0.2) is 11.5 Å². The number of nitrogens with one attached hydrogen (secondary N) is 1. The van der Waals surface area contributed by atoms with Crippen molar-refractivity contribution in [3.63, 3.8) is 0 Å². The fourth-order valence-corrected chi connectivity index (χ4v) is 3.30. The highest BCUT2D eigenvalue weighted by molar-refractivity contribution is 7.17. The van der Waals surface area contributed by atoms with Crippen LogP contribution in [0.3, 0.4) is 0 Å². The third-order valence-corrected chi connectivity index (χ3v) is 4.09. The van der Waals surface area contributed by atoms with Crippen molar-refractivity contribution < 1.29 is 0 Å². The Kier molecular flexibility index (Phi) is 2.56. The SMILES string of the molecule is CCCNc1c2c(nc3ccsc13)CCC2. The minimum absolute atomic E-state index is 1.06. The Morgan fingerprint density at radius 1 is 1.44 bits per heavy atom. The summed E-state index contributed by atoms with van der Waals surface area (Å²) >= 11 is 1.81. The molecule has 1 N–H and O–H groups in total. The first-order chi connectivity index (χ1) is 7.90. The topological polar surface area (TPSA) is 24.9 Å². The van der Waals surface area contributed by atoms with Gasteiger partial charge in [0.05, 0.1) is 15.9 Å². The van der Waals surface area contributed by atoms with Gasteiger partial charge >= 0.3 is 0 Å². The predicted octanol–water partition coefficient (Wildman–Crippen LogP) is 3.61. The highest BCUT2D eigenvalue weighted by Gasteiger charge is 2.19. The average molecular weight is 232 g/mol. The van der Waals surface area contributed by atoms with Gasteiger partial charge in [0.15, 0.2) is 0 Å². The molecule has 0 atom stereocenters. The van der Waals surface area contributed by atoms with Crippen molar-refractivity contribution in [2.75, 3.05) is 11.9 Å². The summed E-state index contributed by atoms with van der Waals surface area (Å²) in [5, 5.41) is 5.74. The summed E-state index contributed by atoms with van der Waals surface area (Å²) in [6.45, 7) is 3.27. The quantitative estimate of drug-likeness (QED) is 0.874. The highest BCUT2D eigenvalue weighted by Crippen LogP contribution is 2.36. The summed E-state index contributed by atoms with van der Waals surface area (Å²) < 4.78 is 1.34. The number of anilines is 1. The van der Waals surface area contributed by atoms with E-state index in [9.17, 15) is 0 Å². The molecule has 2 heterocycles. The first-order valence-corrected chi connectivity index (χ1v) is 6.91. The van der Waals surface area contributed by atoms with Gasteiger partial charge in [-0.1, -0.05) is 6.92 Å². The Bertz CT molecular complexity index is 516. The summed E-state index contributed by atoms with van der Waals surface area (Å²) in [6, 6.07) is 2.13. The number of nitrogens with zero attached hydrogens (tertiary/aromatic N) is 1. The number of pyridine rings is 1. The van der Waals surface area contributed by atoms with Crippen LogP contribution in [-0.2, 0) is 12.8 Å². The van der Waals surface area contributed by atoms with Gasteiger partial charge in [0.2, 0.25) is 0 Å². The lowest BCUT2D eigenvalue weighted by molar-refractivity contribution is 0.900. The van der Waals surface area contributed by atoms with E-state index in [0.29, 0.717) is 0 Å². The van der Waals surface area contributed by atoms with Crippen molar-refractivity contribution in [3.8, 4) is 0 Å². The van der Waals surface area contributed by atoms with Crippen molar-refractivity contribution in [2.24, 2.45) is 0 Å². The Morgan fingerprint density at radius 3 is 3.25 bits per heavy atom. The average Bonchev–Trinajstić information content (AvgIpc) is 2.91. The monoisotopic (exact) mass is 232 g/mol. The van der Waals surface area contributed by atoms with E-state index in [4.69, 9.17) is 4.98 Å². The lowest BCUT2D eigenvalue weighted by atomic mass is 10.1. The van der Waals surface area contributed by atoms with Crippen LogP contribution in [0.15, 0.2) is 11.4 Å². The summed E-state index contributed by atoms with van der Waals surface area (Å²) in [4.78, 5) is 4.75. The predicted molar refractivity (Wildman–Crippen MR) is 70.4 cm³/mol. The molecule has 84 valence electrons. The smallest absolute Gasteiger partial charge is 0.0834 e. The van der Waals surface area contributed by atoms with E-state index in [1.165, 1.54) is 46.4 Å². The van der Waals surface area contributed by atoms with E-state index in [1.807, 2.05) is 0 Å². The maximum absolute atomic E-state index is 4.75. The normalized spacial score (nSPS) is 14.3. The molecule has 0 bridgehead atoms. The molecule has 1 aliphatic carbocycles. The Balaban J connectivity index is 2.16. The molecule has 1 aliphatic rings. The molecule has 3 rings (SSSR count). The van der Waals surface area contributed by atoms with Gasteiger partial charge in [0, 0.05) is 12.2 Å². The fraction of sp³-hybridized carbons (Fsp3) is 0.462. The summed E-state index contributed by atoms with van der Waals surface area (Å²) in [5.41, 5.74) is 5.34.